The third-order valence-corrected chi connectivity index (χ3v) is 4.36. The van der Waals surface area contributed by atoms with E-state index in [1.54, 1.807) is 6.20 Å². The smallest absolute Gasteiger partial charge is 0.191 e. The van der Waals surface area contributed by atoms with Crippen LogP contribution in [0, 0.1) is 0 Å². The van der Waals surface area contributed by atoms with Crippen LogP contribution in [0.4, 0.5) is 0 Å². The van der Waals surface area contributed by atoms with E-state index in [9.17, 15) is 0 Å². The van der Waals surface area contributed by atoms with Crippen molar-refractivity contribution in [3.05, 3.63) is 71.4 Å². The van der Waals surface area contributed by atoms with Crippen molar-refractivity contribution in [3.8, 4) is 0 Å². The second-order valence-corrected chi connectivity index (χ2v) is 6.89. The van der Waals surface area contributed by atoms with Crippen LogP contribution in [0.3, 0.4) is 0 Å². The zero-order valence-electron chi connectivity index (χ0n) is 17.1. The van der Waals surface area contributed by atoms with Gasteiger partial charge < -0.3 is 15.2 Å². The Hall–Kier alpha value is -2.36. The van der Waals surface area contributed by atoms with Crippen LogP contribution in [0.5, 0.6) is 0 Å². The first-order valence-electron chi connectivity index (χ1n) is 9.67. The molecule has 0 aliphatic heterocycles. The number of aromatic nitrogens is 3. The quantitative estimate of drug-likeness (QED) is 0.274. The summed E-state index contributed by atoms with van der Waals surface area (Å²) in [5.74, 6) is 1.90. The molecule has 3 aromatic rings. The van der Waals surface area contributed by atoms with E-state index in [-0.39, 0.29) is 24.0 Å². The monoisotopic (exact) mass is 508 g/mol. The molecule has 0 radical (unpaired) electrons. The van der Waals surface area contributed by atoms with E-state index in [0.29, 0.717) is 19.0 Å². The maximum atomic E-state index is 5.39. The van der Waals surface area contributed by atoms with Gasteiger partial charge in [-0.3, -0.25) is 4.68 Å². The number of nitrogens with one attached hydrogen (secondary N) is 2. The average Bonchev–Trinajstić information content (AvgIpc) is 3.37. The number of rotatable bonds is 8. The van der Waals surface area contributed by atoms with Crippen molar-refractivity contribution in [3.63, 3.8) is 0 Å². The molecule has 0 saturated heterocycles. The number of hydrogen-bond acceptors (Lipinski definition) is 4. The topological polar surface area (TPSA) is 80.3 Å². The van der Waals surface area contributed by atoms with Crippen molar-refractivity contribution in [2.45, 2.75) is 46.3 Å². The molecule has 0 unspecified atom stereocenters. The standard InChI is InChI=1S/C21H28N6O.HI/c1-4-22-21(24-14-19-12-20(16(2)3)26-28-19)23-13-17-8-5-6-9-18(17)15-27-11-7-10-25-27;/h5-12,16H,4,13-15H2,1-3H3,(H2,22,23,24);1H. The summed E-state index contributed by atoms with van der Waals surface area (Å²) in [6, 6.07) is 12.2. The Morgan fingerprint density at radius 1 is 1.17 bits per heavy atom. The molecule has 2 heterocycles. The first-order valence-corrected chi connectivity index (χ1v) is 9.67. The van der Waals surface area contributed by atoms with Crippen LogP contribution in [-0.4, -0.2) is 27.4 Å². The highest BCUT2D eigenvalue weighted by Gasteiger charge is 2.08. The molecule has 8 heteroatoms. The van der Waals surface area contributed by atoms with Crippen LogP contribution in [0.15, 0.2) is 58.3 Å². The molecule has 2 aromatic heterocycles. The molecule has 0 atom stereocenters. The average molecular weight is 508 g/mol. The summed E-state index contributed by atoms with van der Waals surface area (Å²) in [6.45, 7) is 8.89. The Morgan fingerprint density at radius 3 is 2.62 bits per heavy atom. The molecule has 3 rings (SSSR count). The molecular formula is C21H29IN6O. The minimum absolute atomic E-state index is 0. The summed E-state index contributed by atoms with van der Waals surface area (Å²) < 4.78 is 7.31. The number of aliphatic imine (C=N–C) groups is 1. The van der Waals surface area contributed by atoms with Crippen molar-refractivity contribution in [2.75, 3.05) is 6.54 Å². The molecule has 156 valence electrons. The Labute approximate surface area is 189 Å². The SMILES string of the molecule is CCNC(=NCc1ccccc1Cn1cccn1)NCc1cc(C(C)C)no1.I. The fourth-order valence-electron chi connectivity index (χ4n) is 2.80. The molecule has 0 fully saturated rings. The molecule has 7 nitrogen and oxygen atoms in total. The minimum atomic E-state index is 0. The Kier molecular flexibility index (Phi) is 9.17. The van der Waals surface area contributed by atoms with Crippen LogP contribution in [0.25, 0.3) is 0 Å². The number of hydrogen-bond donors (Lipinski definition) is 2. The second-order valence-electron chi connectivity index (χ2n) is 6.89. The predicted molar refractivity (Wildman–Crippen MR) is 125 cm³/mol. The predicted octanol–water partition coefficient (Wildman–Crippen LogP) is 3.92. The Morgan fingerprint density at radius 2 is 1.97 bits per heavy atom. The molecule has 0 aliphatic rings. The highest BCUT2D eigenvalue weighted by atomic mass is 127. The minimum Gasteiger partial charge on any atom is -0.359 e. The highest BCUT2D eigenvalue weighted by Crippen LogP contribution is 2.14. The van der Waals surface area contributed by atoms with Gasteiger partial charge in [0.25, 0.3) is 0 Å². The largest absolute Gasteiger partial charge is 0.359 e. The van der Waals surface area contributed by atoms with E-state index in [4.69, 9.17) is 9.52 Å². The lowest BCUT2D eigenvalue weighted by atomic mass is 10.1. The molecular weight excluding hydrogens is 479 g/mol. The van der Waals surface area contributed by atoms with Crippen LogP contribution in [-0.2, 0) is 19.6 Å². The third kappa shape index (κ3) is 6.88. The van der Waals surface area contributed by atoms with Crippen molar-refractivity contribution < 1.29 is 4.52 Å². The van der Waals surface area contributed by atoms with E-state index >= 15 is 0 Å². The first-order chi connectivity index (χ1) is 13.7. The number of benzene rings is 1. The number of guanidine groups is 1. The maximum absolute atomic E-state index is 5.39. The molecule has 0 saturated carbocycles. The van der Waals surface area contributed by atoms with Gasteiger partial charge in [0.05, 0.1) is 25.3 Å². The fraction of sp³-hybridized carbons (Fsp3) is 0.381. The first kappa shape index (κ1) is 22.9. The lowest BCUT2D eigenvalue weighted by Gasteiger charge is -2.12. The van der Waals surface area contributed by atoms with Crippen LogP contribution in [0.2, 0.25) is 0 Å². The van der Waals surface area contributed by atoms with Gasteiger partial charge in [-0.15, -0.1) is 24.0 Å². The molecule has 0 spiro atoms. The highest BCUT2D eigenvalue weighted by molar-refractivity contribution is 14.0. The number of halogens is 1. The van der Waals surface area contributed by atoms with Gasteiger partial charge in [-0.2, -0.15) is 5.10 Å². The Bertz CT molecular complexity index is 888. The summed E-state index contributed by atoms with van der Waals surface area (Å²) in [6.07, 6.45) is 3.76. The van der Waals surface area contributed by atoms with Crippen molar-refractivity contribution >= 4 is 29.9 Å². The number of nitrogens with zero attached hydrogens (tertiary/aromatic N) is 4. The molecule has 0 bridgehead atoms. The summed E-state index contributed by atoms with van der Waals surface area (Å²) in [5, 5.41) is 15.0. The van der Waals surface area contributed by atoms with E-state index in [0.717, 1.165) is 30.5 Å². The zero-order chi connectivity index (χ0) is 19.8. The lowest BCUT2D eigenvalue weighted by Crippen LogP contribution is -2.36. The van der Waals surface area contributed by atoms with E-state index < -0.39 is 0 Å². The van der Waals surface area contributed by atoms with Gasteiger partial charge in [0, 0.05) is 25.0 Å². The molecule has 0 aliphatic carbocycles. The second kappa shape index (κ2) is 11.6. The van der Waals surface area contributed by atoms with E-state index in [2.05, 4.69) is 46.9 Å². The summed E-state index contributed by atoms with van der Waals surface area (Å²) in [7, 11) is 0. The summed E-state index contributed by atoms with van der Waals surface area (Å²) in [5.41, 5.74) is 3.35. The van der Waals surface area contributed by atoms with Gasteiger partial charge in [0.2, 0.25) is 0 Å². The molecule has 29 heavy (non-hydrogen) atoms. The maximum Gasteiger partial charge on any atom is 0.191 e. The van der Waals surface area contributed by atoms with Gasteiger partial charge in [0.1, 0.15) is 0 Å². The van der Waals surface area contributed by atoms with Crippen LogP contribution >= 0.6 is 24.0 Å². The summed E-state index contributed by atoms with van der Waals surface area (Å²) in [4.78, 5) is 4.73. The van der Waals surface area contributed by atoms with Crippen molar-refractivity contribution in [1.29, 1.82) is 0 Å². The van der Waals surface area contributed by atoms with Crippen LogP contribution in [0.1, 0.15) is 49.3 Å². The van der Waals surface area contributed by atoms with Crippen molar-refractivity contribution in [1.82, 2.24) is 25.6 Å². The van der Waals surface area contributed by atoms with Gasteiger partial charge in [-0.1, -0.05) is 43.3 Å². The van der Waals surface area contributed by atoms with E-state index in [1.165, 1.54) is 11.1 Å². The van der Waals surface area contributed by atoms with Crippen molar-refractivity contribution in [2.24, 2.45) is 4.99 Å². The zero-order valence-corrected chi connectivity index (χ0v) is 19.5. The molecule has 0 amide bonds. The molecule has 2 N–H and O–H groups in total. The van der Waals surface area contributed by atoms with Gasteiger partial charge in [0.15, 0.2) is 11.7 Å². The summed E-state index contributed by atoms with van der Waals surface area (Å²) >= 11 is 0. The third-order valence-electron chi connectivity index (χ3n) is 4.36. The van der Waals surface area contributed by atoms with Gasteiger partial charge >= 0.3 is 0 Å². The van der Waals surface area contributed by atoms with E-state index in [1.807, 2.05) is 42.1 Å². The normalized spacial score (nSPS) is 11.4. The molecule has 1 aromatic carbocycles. The Balaban J connectivity index is 0.00000300. The fourth-order valence-corrected chi connectivity index (χ4v) is 2.80. The van der Waals surface area contributed by atoms with Crippen LogP contribution < -0.4 is 10.6 Å². The van der Waals surface area contributed by atoms with Gasteiger partial charge in [-0.25, -0.2) is 4.99 Å². The lowest BCUT2D eigenvalue weighted by molar-refractivity contribution is 0.372. The van der Waals surface area contributed by atoms with Gasteiger partial charge in [-0.05, 0) is 30.0 Å².